The van der Waals surface area contributed by atoms with Crippen molar-refractivity contribution >= 4 is 21.6 Å². The normalized spacial score (nSPS) is 17.6. The van der Waals surface area contributed by atoms with E-state index >= 15 is 0 Å². The topological polar surface area (TPSA) is 18.5 Å². The molecule has 1 aliphatic rings. The fourth-order valence-electron chi connectivity index (χ4n) is 2.67. The van der Waals surface area contributed by atoms with Crippen LogP contribution in [-0.4, -0.2) is 55.6 Å². The van der Waals surface area contributed by atoms with Crippen LogP contribution in [0.25, 0.3) is 0 Å². The molecule has 0 amide bonds. The zero-order valence-electron chi connectivity index (χ0n) is 12.6. The zero-order valence-corrected chi connectivity index (χ0v) is 14.2. The summed E-state index contributed by atoms with van der Waals surface area (Å²) < 4.78 is 1.14. The minimum Gasteiger partial charge on any atom is -0.383 e. The Morgan fingerprint density at radius 2 is 1.75 bits per heavy atom. The van der Waals surface area contributed by atoms with Crippen LogP contribution in [-0.2, 0) is 0 Å². The number of rotatable bonds is 6. The fraction of sp³-hybridized carbons (Fsp3) is 0.625. The van der Waals surface area contributed by atoms with Crippen LogP contribution >= 0.6 is 15.9 Å². The van der Waals surface area contributed by atoms with Gasteiger partial charge in [0, 0.05) is 56.0 Å². The van der Waals surface area contributed by atoms with Gasteiger partial charge in [-0.1, -0.05) is 26.0 Å². The maximum absolute atomic E-state index is 3.57. The van der Waals surface area contributed by atoms with Crippen LogP contribution in [0.15, 0.2) is 28.7 Å². The Labute approximate surface area is 131 Å². The van der Waals surface area contributed by atoms with E-state index < -0.39 is 0 Å². The number of para-hydroxylation sites is 1. The first-order chi connectivity index (χ1) is 9.65. The van der Waals surface area contributed by atoms with Crippen LogP contribution in [0.5, 0.6) is 0 Å². The molecular weight excluding hydrogens is 314 g/mol. The van der Waals surface area contributed by atoms with Gasteiger partial charge < -0.3 is 10.2 Å². The molecule has 0 saturated carbocycles. The van der Waals surface area contributed by atoms with Gasteiger partial charge in [0.1, 0.15) is 0 Å². The third-order valence-electron chi connectivity index (χ3n) is 3.71. The number of benzene rings is 1. The van der Waals surface area contributed by atoms with Crippen molar-refractivity contribution < 1.29 is 0 Å². The molecule has 1 aromatic rings. The summed E-state index contributed by atoms with van der Waals surface area (Å²) in [6, 6.07) is 8.30. The second kappa shape index (κ2) is 8.01. The quantitative estimate of drug-likeness (QED) is 0.858. The number of halogens is 1. The van der Waals surface area contributed by atoms with Crippen molar-refractivity contribution in [3.8, 4) is 0 Å². The lowest BCUT2D eigenvalue weighted by atomic mass is 10.2. The summed E-state index contributed by atoms with van der Waals surface area (Å²) in [5, 5.41) is 3.50. The average Bonchev–Trinajstić information content (AvgIpc) is 2.42. The van der Waals surface area contributed by atoms with E-state index in [1.54, 1.807) is 0 Å². The van der Waals surface area contributed by atoms with Crippen molar-refractivity contribution in [2.45, 2.75) is 13.8 Å². The Hall–Kier alpha value is -0.580. The van der Waals surface area contributed by atoms with Gasteiger partial charge >= 0.3 is 0 Å². The van der Waals surface area contributed by atoms with Crippen molar-refractivity contribution in [3.05, 3.63) is 28.7 Å². The van der Waals surface area contributed by atoms with Gasteiger partial charge in [0.25, 0.3) is 0 Å². The maximum Gasteiger partial charge on any atom is 0.0485 e. The highest BCUT2D eigenvalue weighted by molar-refractivity contribution is 9.10. The molecule has 1 saturated heterocycles. The van der Waals surface area contributed by atoms with Crippen LogP contribution in [0.3, 0.4) is 0 Å². The van der Waals surface area contributed by atoms with Crippen molar-refractivity contribution in [3.63, 3.8) is 0 Å². The molecule has 0 atom stereocenters. The van der Waals surface area contributed by atoms with Gasteiger partial charge in [-0.05, 0) is 34.0 Å². The SMILES string of the molecule is CC(C)CN1CCN(CCNc2ccccc2Br)CC1. The van der Waals surface area contributed by atoms with Crippen molar-refractivity contribution in [1.82, 2.24) is 9.80 Å². The van der Waals surface area contributed by atoms with E-state index in [2.05, 4.69) is 63.1 Å². The highest BCUT2D eigenvalue weighted by atomic mass is 79.9. The number of piperazine rings is 1. The molecule has 1 fully saturated rings. The Bertz CT molecular complexity index is 400. The Morgan fingerprint density at radius 3 is 2.40 bits per heavy atom. The van der Waals surface area contributed by atoms with Crippen molar-refractivity contribution in [1.29, 1.82) is 0 Å². The zero-order chi connectivity index (χ0) is 14.4. The fourth-order valence-corrected chi connectivity index (χ4v) is 3.09. The molecule has 0 aliphatic carbocycles. The van der Waals surface area contributed by atoms with E-state index in [-0.39, 0.29) is 0 Å². The first kappa shape index (κ1) is 15.8. The Balaban J connectivity index is 1.65. The molecular formula is C16H26BrN3. The smallest absolute Gasteiger partial charge is 0.0485 e. The van der Waals surface area contributed by atoms with Crippen LogP contribution in [0.1, 0.15) is 13.8 Å². The molecule has 0 radical (unpaired) electrons. The predicted octanol–water partition coefficient (Wildman–Crippen LogP) is 3.13. The highest BCUT2D eigenvalue weighted by Crippen LogP contribution is 2.20. The maximum atomic E-state index is 3.57. The number of nitrogens with zero attached hydrogens (tertiary/aromatic N) is 2. The second-order valence-electron chi connectivity index (χ2n) is 5.94. The lowest BCUT2D eigenvalue weighted by molar-refractivity contribution is 0.125. The van der Waals surface area contributed by atoms with E-state index in [1.807, 2.05) is 6.07 Å². The molecule has 112 valence electrons. The second-order valence-corrected chi connectivity index (χ2v) is 6.80. The Morgan fingerprint density at radius 1 is 1.10 bits per heavy atom. The molecule has 3 nitrogen and oxygen atoms in total. The van der Waals surface area contributed by atoms with Crippen LogP contribution in [0.2, 0.25) is 0 Å². The highest BCUT2D eigenvalue weighted by Gasteiger charge is 2.16. The van der Waals surface area contributed by atoms with Gasteiger partial charge in [-0.25, -0.2) is 0 Å². The molecule has 1 heterocycles. The van der Waals surface area contributed by atoms with E-state index in [1.165, 1.54) is 38.4 Å². The summed E-state index contributed by atoms with van der Waals surface area (Å²) in [4.78, 5) is 5.14. The predicted molar refractivity (Wildman–Crippen MR) is 90.3 cm³/mol. The molecule has 4 heteroatoms. The van der Waals surface area contributed by atoms with Gasteiger partial charge in [-0.2, -0.15) is 0 Å². The Kier molecular flexibility index (Phi) is 6.33. The number of anilines is 1. The van der Waals surface area contributed by atoms with E-state index in [0.29, 0.717) is 0 Å². The molecule has 1 N–H and O–H groups in total. The van der Waals surface area contributed by atoms with Gasteiger partial charge in [0.05, 0.1) is 0 Å². The van der Waals surface area contributed by atoms with Gasteiger partial charge in [0.15, 0.2) is 0 Å². The van der Waals surface area contributed by atoms with Crippen LogP contribution in [0, 0.1) is 5.92 Å². The molecule has 0 aromatic heterocycles. The lowest BCUT2D eigenvalue weighted by Crippen LogP contribution is -2.48. The van der Waals surface area contributed by atoms with E-state index in [9.17, 15) is 0 Å². The molecule has 0 spiro atoms. The number of hydrogen-bond donors (Lipinski definition) is 1. The lowest BCUT2D eigenvalue weighted by Gasteiger charge is -2.35. The molecule has 2 rings (SSSR count). The minimum atomic E-state index is 0.777. The standard InChI is InChI=1S/C16H26BrN3/c1-14(2)13-20-11-9-19(10-12-20)8-7-18-16-6-4-3-5-15(16)17/h3-6,14,18H,7-13H2,1-2H3. The summed E-state index contributed by atoms with van der Waals surface area (Å²) in [6.07, 6.45) is 0. The van der Waals surface area contributed by atoms with Crippen molar-refractivity contribution in [2.24, 2.45) is 5.92 Å². The summed E-state index contributed by atoms with van der Waals surface area (Å²) in [7, 11) is 0. The number of nitrogens with one attached hydrogen (secondary N) is 1. The van der Waals surface area contributed by atoms with Crippen LogP contribution < -0.4 is 5.32 Å². The molecule has 20 heavy (non-hydrogen) atoms. The first-order valence-corrected chi connectivity index (χ1v) is 8.37. The summed E-state index contributed by atoms with van der Waals surface area (Å²) in [5.41, 5.74) is 1.19. The summed E-state index contributed by atoms with van der Waals surface area (Å²) in [6.45, 7) is 12.8. The first-order valence-electron chi connectivity index (χ1n) is 7.58. The third kappa shape index (κ3) is 5.08. The average molecular weight is 340 g/mol. The number of hydrogen-bond acceptors (Lipinski definition) is 3. The summed E-state index contributed by atoms with van der Waals surface area (Å²) >= 11 is 3.57. The third-order valence-corrected chi connectivity index (χ3v) is 4.40. The van der Waals surface area contributed by atoms with Gasteiger partial charge in [-0.15, -0.1) is 0 Å². The molecule has 0 bridgehead atoms. The molecule has 0 unspecified atom stereocenters. The van der Waals surface area contributed by atoms with E-state index in [4.69, 9.17) is 0 Å². The monoisotopic (exact) mass is 339 g/mol. The van der Waals surface area contributed by atoms with Crippen LogP contribution in [0.4, 0.5) is 5.69 Å². The minimum absolute atomic E-state index is 0.777. The largest absolute Gasteiger partial charge is 0.383 e. The van der Waals surface area contributed by atoms with Gasteiger partial charge in [-0.3, -0.25) is 4.90 Å². The van der Waals surface area contributed by atoms with E-state index in [0.717, 1.165) is 23.5 Å². The summed E-state index contributed by atoms with van der Waals surface area (Å²) in [5.74, 6) is 0.777. The molecule has 1 aliphatic heterocycles. The molecule has 1 aromatic carbocycles. The van der Waals surface area contributed by atoms with Gasteiger partial charge in [0.2, 0.25) is 0 Å². The van der Waals surface area contributed by atoms with Crippen molar-refractivity contribution in [2.75, 3.05) is 51.1 Å².